The van der Waals surface area contributed by atoms with E-state index in [2.05, 4.69) is 25.5 Å². The van der Waals surface area contributed by atoms with Crippen molar-refractivity contribution in [1.82, 2.24) is 4.72 Å². The molecule has 1 aromatic carbocycles. The van der Waals surface area contributed by atoms with E-state index in [-0.39, 0.29) is 16.9 Å². The fourth-order valence-electron chi connectivity index (χ4n) is 1.82. The molecule has 0 aliphatic carbocycles. The van der Waals surface area contributed by atoms with Gasteiger partial charge in [0.2, 0.25) is 10.0 Å². The summed E-state index contributed by atoms with van der Waals surface area (Å²) in [6, 6.07) is 4.78. The molecule has 0 atom stereocenters. The highest BCUT2D eigenvalue weighted by Gasteiger charge is 2.17. The molecule has 6 heteroatoms. The van der Waals surface area contributed by atoms with Gasteiger partial charge in [-0.05, 0) is 37.0 Å². The molecule has 0 aliphatic rings. The van der Waals surface area contributed by atoms with E-state index < -0.39 is 10.0 Å². The fraction of sp³-hybridized carbons (Fsp3) is 0.600. The molecule has 5 nitrogen and oxygen atoms in total. The standard InChI is InChI=1S/C15H26N2O3S/c1-5-20-14-7-6-13(10-12(14)11-16)21(18,19)17-9-8-15(2,3)4/h6-7,10,17H,5,8-9,11,16H2,1-4H3. The van der Waals surface area contributed by atoms with E-state index in [1.807, 2.05) is 6.92 Å². The molecule has 3 N–H and O–H groups in total. The zero-order valence-corrected chi connectivity index (χ0v) is 14.1. The normalized spacial score (nSPS) is 12.4. The van der Waals surface area contributed by atoms with Crippen LogP contribution in [-0.2, 0) is 16.6 Å². The van der Waals surface area contributed by atoms with Crippen LogP contribution in [0.15, 0.2) is 23.1 Å². The third-order valence-corrected chi connectivity index (χ3v) is 4.49. The monoisotopic (exact) mass is 314 g/mol. The summed E-state index contributed by atoms with van der Waals surface area (Å²) >= 11 is 0. The molecule has 21 heavy (non-hydrogen) atoms. The van der Waals surface area contributed by atoms with Gasteiger partial charge in [-0.25, -0.2) is 13.1 Å². The number of rotatable bonds is 7. The molecule has 0 aliphatic heterocycles. The number of ether oxygens (including phenoxy) is 1. The van der Waals surface area contributed by atoms with Gasteiger partial charge in [-0.15, -0.1) is 0 Å². The largest absolute Gasteiger partial charge is 0.494 e. The molecule has 0 saturated heterocycles. The van der Waals surface area contributed by atoms with Crippen molar-refractivity contribution in [3.05, 3.63) is 23.8 Å². The maximum absolute atomic E-state index is 12.3. The van der Waals surface area contributed by atoms with Crippen molar-refractivity contribution in [3.63, 3.8) is 0 Å². The minimum Gasteiger partial charge on any atom is -0.494 e. The smallest absolute Gasteiger partial charge is 0.240 e. The summed E-state index contributed by atoms with van der Waals surface area (Å²) in [5.41, 5.74) is 6.43. The third-order valence-electron chi connectivity index (χ3n) is 3.03. The second kappa shape index (κ2) is 7.24. The Morgan fingerprint density at radius 3 is 2.48 bits per heavy atom. The summed E-state index contributed by atoms with van der Waals surface area (Å²) in [7, 11) is -3.51. The molecule has 1 aromatic rings. The molecular formula is C15H26N2O3S. The van der Waals surface area contributed by atoms with Gasteiger partial charge in [-0.1, -0.05) is 20.8 Å². The van der Waals surface area contributed by atoms with Crippen LogP contribution in [0.2, 0.25) is 0 Å². The van der Waals surface area contributed by atoms with E-state index >= 15 is 0 Å². The van der Waals surface area contributed by atoms with E-state index in [1.165, 1.54) is 0 Å². The summed E-state index contributed by atoms with van der Waals surface area (Å²) in [5.74, 6) is 0.633. The van der Waals surface area contributed by atoms with E-state index in [4.69, 9.17) is 10.5 Å². The molecule has 120 valence electrons. The molecule has 0 saturated carbocycles. The Labute approximate surface area is 127 Å². The second-order valence-electron chi connectivity index (χ2n) is 6.12. The first kappa shape index (κ1) is 17.9. The summed E-state index contributed by atoms with van der Waals surface area (Å²) in [5, 5.41) is 0. The molecule has 1 rings (SSSR count). The van der Waals surface area contributed by atoms with Gasteiger partial charge in [-0.3, -0.25) is 0 Å². The number of hydrogen-bond donors (Lipinski definition) is 2. The SMILES string of the molecule is CCOc1ccc(S(=O)(=O)NCCC(C)(C)C)cc1CN. The molecule has 0 unspecified atom stereocenters. The van der Waals surface area contributed by atoms with Gasteiger partial charge < -0.3 is 10.5 Å². The first-order valence-electron chi connectivity index (χ1n) is 7.15. The van der Waals surface area contributed by atoms with Crippen LogP contribution in [-0.4, -0.2) is 21.6 Å². The lowest BCUT2D eigenvalue weighted by Gasteiger charge is -2.18. The lowest BCUT2D eigenvalue weighted by atomic mass is 9.93. The Balaban J connectivity index is 2.88. The topological polar surface area (TPSA) is 81.4 Å². The highest BCUT2D eigenvalue weighted by Crippen LogP contribution is 2.23. The van der Waals surface area contributed by atoms with Crippen molar-refractivity contribution in [3.8, 4) is 5.75 Å². The molecule has 0 aromatic heterocycles. The summed E-state index contributed by atoms with van der Waals surface area (Å²) in [6.45, 7) is 9.26. The molecule has 0 fully saturated rings. The predicted octanol–water partition coefficient (Wildman–Crippen LogP) is 2.26. The zero-order chi connectivity index (χ0) is 16.1. The van der Waals surface area contributed by atoms with Crippen molar-refractivity contribution in [1.29, 1.82) is 0 Å². The van der Waals surface area contributed by atoms with Crippen molar-refractivity contribution in [2.24, 2.45) is 11.1 Å². The molecule has 0 bridgehead atoms. The van der Waals surface area contributed by atoms with Crippen LogP contribution < -0.4 is 15.2 Å². The highest BCUT2D eigenvalue weighted by molar-refractivity contribution is 7.89. The molecule has 0 spiro atoms. The Hall–Kier alpha value is -1.11. The predicted molar refractivity (Wildman–Crippen MR) is 84.8 cm³/mol. The first-order valence-corrected chi connectivity index (χ1v) is 8.63. The number of hydrogen-bond acceptors (Lipinski definition) is 4. The van der Waals surface area contributed by atoms with Gasteiger partial charge in [0.25, 0.3) is 0 Å². The summed E-state index contributed by atoms with van der Waals surface area (Å²) in [6.07, 6.45) is 0.771. The van der Waals surface area contributed by atoms with Crippen LogP contribution in [0.5, 0.6) is 5.75 Å². The number of nitrogens with two attached hydrogens (primary N) is 1. The van der Waals surface area contributed by atoms with Gasteiger partial charge >= 0.3 is 0 Å². The van der Waals surface area contributed by atoms with Gasteiger partial charge in [0.15, 0.2) is 0 Å². The first-order chi connectivity index (χ1) is 9.69. The van der Waals surface area contributed by atoms with E-state index in [1.54, 1.807) is 18.2 Å². The molecular weight excluding hydrogens is 288 g/mol. The summed E-state index contributed by atoms with van der Waals surface area (Å²) < 4.78 is 32.6. The Morgan fingerprint density at radius 1 is 1.29 bits per heavy atom. The lowest BCUT2D eigenvalue weighted by molar-refractivity contribution is 0.336. The van der Waals surface area contributed by atoms with Crippen molar-refractivity contribution in [2.75, 3.05) is 13.2 Å². The van der Waals surface area contributed by atoms with E-state index in [0.29, 0.717) is 24.5 Å². The Kier molecular flexibility index (Phi) is 6.19. The highest BCUT2D eigenvalue weighted by atomic mass is 32.2. The van der Waals surface area contributed by atoms with Crippen LogP contribution in [0.1, 0.15) is 39.7 Å². The fourth-order valence-corrected chi connectivity index (χ4v) is 2.90. The van der Waals surface area contributed by atoms with Crippen molar-refractivity contribution < 1.29 is 13.2 Å². The number of nitrogens with one attached hydrogen (secondary N) is 1. The van der Waals surface area contributed by atoms with E-state index in [0.717, 1.165) is 6.42 Å². The summed E-state index contributed by atoms with van der Waals surface area (Å²) in [4.78, 5) is 0.223. The van der Waals surface area contributed by atoms with Gasteiger partial charge in [0.1, 0.15) is 5.75 Å². The second-order valence-corrected chi connectivity index (χ2v) is 7.88. The average Bonchev–Trinajstić information content (AvgIpc) is 2.37. The van der Waals surface area contributed by atoms with Crippen molar-refractivity contribution in [2.45, 2.75) is 45.6 Å². The third kappa shape index (κ3) is 5.65. The van der Waals surface area contributed by atoms with Gasteiger partial charge in [-0.2, -0.15) is 0 Å². The molecule has 0 heterocycles. The Morgan fingerprint density at radius 2 is 1.95 bits per heavy atom. The van der Waals surface area contributed by atoms with Crippen LogP contribution >= 0.6 is 0 Å². The molecule has 0 amide bonds. The average molecular weight is 314 g/mol. The minimum absolute atomic E-state index is 0.0871. The lowest BCUT2D eigenvalue weighted by Crippen LogP contribution is -2.27. The molecule has 0 radical (unpaired) electrons. The van der Waals surface area contributed by atoms with Crippen LogP contribution in [0.3, 0.4) is 0 Å². The van der Waals surface area contributed by atoms with Crippen LogP contribution in [0.4, 0.5) is 0 Å². The number of benzene rings is 1. The zero-order valence-electron chi connectivity index (χ0n) is 13.3. The maximum Gasteiger partial charge on any atom is 0.240 e. The Bertz CT molecular complexity index is 563. The van der Waals surface area contributed by atoms with Gasteiger partial charge in [0, 0.05) is 18.7 Å². The maximum atomic E-state index is 12.3. The number of sulfonamides is 1. The van der Waals surface area contributed by atoms with Crippen LogP contribution in [0, 0.1) is 5.41 Å². The quantitative estimate of drug-likeness (QED) is 0.809. The van der Waals surface area contributed by atoms with Crippen molar-refractivity contribution >= 4 is 10.0 Å². The van der Waals surface area contributed by atoms with E-state index in [9.17, 15) is 8.42 Å². The van der Waals surface area contributed by atoms with Gasteiger partial charge in [0.05, 0.1) is 11.5 Å². The minimum atomic E-state index is -3.51. The van der Waals surface area contributed by atoms with Crippen LogP contribution in [0.25, 0.3) is 0 Å².